The molecule has 20 heavy (non-hydrogen) atoms. The van der Waals surface area contributed by atoms with Crippen LogP contribution in [0.15, 0.2) is 4.52 Å². The van der Waals surface area contributed by atoms with Crippen molar-refractivity contribution in [1.29, 1.82) is 0 Å². The van der Waals surface area contributed by atoms with E-state index in [0.717, 1.165) is 38.6 Å². The van der Waals surface area contributed by atoms with E-state index in [1.54, 1.807) is 7.11 Å². The molecule has 0 spiro atoms. The molecule has 0 bridgehead atoms. The molecule has 0 aromatic carbocycles. The second-order valence-electron chi connectivity index (χ2n) is 5.18. The lowest BCUT2D eigenvalue weighted by molar-refractivity contribution is -0.0306. The summed E-state index contributed by atoms with van der Waals surface area (Å²) in [4.78, 5) is 4.55. The van der Waals surface area contributed by atoms with Crippen molar-refractivity contribution in [3.63, 3.8) is 0 Å². The molecule has 5 nitrogen and oxygen atoms in total. The van der Waals surface area contributed by atoms with Crippen molar-refractivity contribution in [2.45, 2.75) is 71.4 Å². The van der Waals surface area contributed by atoms with Gasteiger partial charge in [0.25, 0.3) is 0 Å². The molecule has 5 heteroatoms. The van der Waals surface area contributed by atoms with Gasteiger partial charge in [-0.1, -0.05) is 32.9 Å². The summed E-state index contributed by atoms with van der Waals surface area (Å²) in [6, 6.07) is 0.392. The Labute approximate surface area is 122 Å². The molecule has 0 amide bonds. The van der Waals surface area contributed by atoms with Crippen LogP contribution < -0.4 is 5.32 Å². The van der Waals surface area contributed by atoms with Gasteiger partial charge >= 0.3 is 0 Å². The maximum Gasteiger partial charge on any atom is 0.228 e. The van der Waals surface area contributed by atoms with Gasteiger partial charge < -0.3 is 14.6 Å². The molecule has 1 heterocycles. The van der Waals surface area contributed by atoms with E-state index < -0.39 is 5.60 Å². The minimum atomic E-state index is -0.416. The first-order chi connectivity index (χ1) is 9.65. The molecule has 0 radical (unpaired) electrons. The molecule has 1 unspecified atom stereocenters. The molecular formula is C15H29N3O2. The average molecular weight is 283 g/mol. The molecule has 0 aliphatic rings. The normalized spacial score (nSPS) is 13.7. The standard InChI is InChI=1S/C15H29N3O2/c1-6-10-16-12(7-2)11-13-17-14(18-20-13)15(8-3,9-4)19-5/h12,16H,6-11H2,1-5H3. The fourth-order valence-corrected chi connectivity index (χ4v) is 2.39. The Kier molecular flexibility index (Phi) is 7.16. The van der Waals surface area contributed by atoms with Gasteiger partial charge in [-0.2, -0.15) is 4.98 Å². The van der Waals surface area contributed by atoms with E-state index in [1.807, 2.05) is 0 Å². The minimum Gasteiger partial charge on any atom is -0.370 e. The number of aromatic nitrogens is 2. The zero-order chi connectivity index (χ0) is 15.0. The summed E-state index contributed by atoms with van der Waals surface area (Å²) < 4.78 is 11.0. The highest BCUT2D eigenvalue weighted by Crippen LogP contribution is 2.30. The van der Waals surface area contributed by atoms with Gasteiger partial charge in [-0.05, 0) is 32.2 Å². The number of methoxy groups -OCH3 is 1. The summed E-state index contributed by atoms with van der Waals surface area (Å²) in [5.74, 6) is 1.36. The number of ether oxygens (including phenoxy) is 1. The van der Waals surface area contributed by atoms with Crippen LogP contribution in [0.3, 0.4) is 0 Å². The van der Waals surface area contributed by atoms with Crippen molar-refractivity contribution in [1.82, 2.24) is 15.5 Å². The van der Waals surface area contributed by atoms with Gasteiger partial charge in [0.1, 0.15) is 5.60 Å². The molecular weight excluding hydrogens is 254 g/mol. The summed E-state index contributed by atoms with van der Waals surface area (Å²) in [5, 5.41) is 7.63. The fraction of sp³-hybridized carbons (Fsp3) is 0.867. The van der Waals surface area contributed by atoms with Gasteiger partial charge in [-0.15, -0.1) is 0 Å². The summed E-state index contributed by atoms with van der Waals surface area (Å²) in [7, 11) is 1.71. The first-order valence-electron chi connectivity index (χ1n) is 7.77. The molecule has 116 valence electrons. The van der Waals surface area contributed by atoms with E-state index in [1.165, 1.54) is 0 Å². The highest BCUT2D eigenvalue weighted by molar-refractivity contribution is 5.01. The third-order valence-electron chi connectivity index (χ3n) is 4.01. The number of rotatable bonds is 10. The Morgan fingerprint density at radius 3 is 2.45 bits per heavy atom. The van der Waals surface area contributed by atoms with E-state index in [0.29, 0.717) is 17.8 Å². The highest BCUT2D eigenvalue weighted by atomic mass is 16.5. The lowest BCUT2D eigenvalue weighted by Gasteiger charge is -2.25. The van der Waals surface area contributed by atoms with E-state index in [-0.39, 0.29) is 0 Å². The van der Waals surface area contributed by atoms with Crippen LogP contribution in [0.4, 0.5) is 0 Å². The maximum absolute atomic E-state index is 5.63. The monoisotopic (exact) mass is 283 g/mol. The number of hydrogen-bond donors (Lipinski definition) is 1. The third kappa shape index (κ3) is 4.03. The summed E-state index contributed by atoms with van der Waals surface area (Å²) >= 11 is 0. The van der Waals surface area contributed by atoms with Crippen molar-refractivity contribution in [3.8, 4) is 0 Å². The van der Waals surface area contributed by atoms with Crippen molar-refractivity contribution < 1.29 is 9.26 Å². The number of hydrogen-bond acceptors (Lipinski definition) is 5. The van der Waals surface area contributed by atoms with Crippen LogP contribution in [0.2, 0.25) is 0 Å². The lowest BCUT2D eigenvalue weighted by atomic mass is 9.96. The van der Waals surface area contributed by atoms with Crippen LogP contribution in [0.5, 0.6) is 0 Å². The van der Waals surface area contributed by atoms with E-state index in [2.05, 4.69) is 43.2 Å². The Morgan fingerprint density at radius 1 is 1.25 bits per heavy atom. The summed E-state index contributed by atoms with van der Waals surface area (Å²) in [6.07, 6.45) is 4.63. The summed E-state index contributed by atoms with van der Waals surface area (Å²) in [6.45, 7) is 9.52. The zero-order valence-electron chi connectivity index (χ0n) is 13.5. The largest absolute Gasteiger partial charge is 0.370 e. The molecule has 1 aromatic heterocycles. The fourth-order valence-electron chi connectivity index (χ4n) is 2.39. The van der Waals surface area contributed by atoms with Crippen molar-refractivity contribution in [2.75, 3.05) is 13.7 Å². The predicted molar refractivity (Wildman–Crippen MR) is 79.6 cm³/mol. The Morgan fingerprint density at radius 2 is 1.95 bits per heavy atom. The van der Waals surface area contributed by atoms with Gasteiger partial charge in [0.15, 0.2) is 0 Å². The highest BCUT2D eigenvalue weighted by Gasteiger charge is 2.33. The number of nitrogens with zero attached hydrogens (tertiary/aromatic N) is 2. The SMILES string of the molecule is CCCNC(CC)Cc1nc(C(CC)(CC)OC)no1. The van der Waals surface area contributed by atoms with Crippen LogP contribution in [0.25, 0.3) is 0 Å². The van der Waals surface area contributed by atoms with Gasteiger partial charge in [-0.25, -0.2) is 0 Å². The predicted octanol–water partition coefficient (Wildman–Crippen LogP) is 3.05. The third-order valence-corrected chi connectivity index (χ3v) is 4.01. The van der Waals surface area contributed by atoms with Crippen LogP contribution in [-0.2, 0) is 16.8 Å². The molecule has 1 atom stereocenters. The summed E-state index contributed by atoms with van der Waals surface area (Å²) in [5.41, 5.74) is -0.416. The van der Waals surface area contributed by atoms with E-state index in [9.17, 15) is 0 Å². The molecule has 0 aliphatic carbocycles. The second kappa shape index (κ2) is 8.37. The molecule has 1 N–H and O–H groups in total. The smallest absolute Gasteiger partial charge is 0.228 e. The van der Waals surface area contributed by atoms with Crippen molar-refractivity contribution in [3.05, 3.63) is 11.7 Å². The maximum atomic E-state index is 5.63. The second-order valence-corrected chi connectivity index (χ2v) is 5.18. The molecule has 0 saturated carbocycles. The van der Waals surface area contributed by atoms with Gasteiger partial charge in [0.05, 0.1) is 0 Å². The molecule has 1 rings (SSSR count). The van der Waals surface area contributed by atoms with Gasteiger partial charge in [-0.3, -0.25) is 0 Å². The van der Waals surface area contributed by atoms with Gasteiger partial charge in [0.2, 0.25) is 11.7 Å². The van der Waals surface area contributed by atoms with Crippen molar-refractivity contribution >= 4 is 0 Å². The lowest BCUT2D eigenvalue weighted by Crippen LogP contribution is -2.31. The minimum absolute atomic E-state index is 0.392. The van der Waals surface area contributed by atoms with Crippen molar-refractivity contribution in [2.24, 2.45) is 0 Å². The first kappa shape index (κ1) is 17.1. The van der Waals surface area contributed by atoms with Crippen LogP contribution in [0, 0.1) is 0 Å². The van der Waals surface area contributed by atoms with E-state index in [4.69, 9.17) is 9.26 Å². The average Bonchev–Trinajstić information content (AvgIpc) is 2.95. The Bertz CT molecular complexity index is 367. The Balaban J connectivity index is 2.75. The molecule has 0 aliphatic heterocycles. The first-order valence-corrected chi connectivity index (χ1v) is 7.77. The molecule has 0 fully saturated rings. The van der Waals surface area contributed by atoms with E-state index >= 15 is 0 Å². The number of nitrogens with one attached hydrogen (secondary N) is 1. The molecule has 1 aromatic rings. The quantitative estimate of drug-likeness (QED) is 0.715. The van der Waals surface area contributed by atoms with Crippen LogP contribution >= 0.6 is 0 Å². The zero-order valence-corrected chi connectivity index (χ0v) is 13.5. The topological polar surface area (TPSA) is 60.2 Å². The van der Waals surface area contributed by atoms with Gasteiger partial charge in [0, 0.05) is 19.6 Å². The Hall–Kier alpha value is -0.940. The molecule has 0 saturated heterocycles. The van der Waals surface area contributed by atoms with Crippen LogP contribution in [0.1, 0.15) is 65.1 Å². The van der Waals surface area contributed by atoms with Crippen LogP contribution in [-0.4, -0.2) is 29.8 Å².